The van der Waals surface area contributed by atoms with E-state index in [1.54, 1.807) is 17.0 Å². The number of ether oxygens (including phenoxy) is 1. The van der Waals surface area contributed by atoms with E-state index in [0.29, 0.717) is 13.2 Å². The van der Waals surface area contributed by atoms with E-state index in [0.717, 1.165) is 12.0 Å². The van der Waals surface area contributed by atoms with Gasteiger partial charge in [0.2, 0.25) is 5.91 Å². The molecule has 0 spiro atoms. The molecule has 3 rings (SSSR count). The molecule has 3 unspecified atom stereocenters. The first kappa shape index (κ1) is 14.8. The smallest absolute Gasteiger partial charge is 0.317 e. The Labute approximate surface area is 127 Å². The van der Waals surface area contributed by atoms with Crippen molar-refractivity contribution in [2.45, 2.75) is 24.5 Å². The molecule has 0 radical (unpaired) electrons. The van der Waals surface area contributed by atoms with Crippen LogP contribution in [0.1, 0.15) is 17.9 Å². The van der Waals surface area contributed by atoms with Gasteiger partial charge < -0.3 is 20.7 Å². The molecule has 1 aliphatic heterocycles. The second-order valence-electron chi connectivity index (χ2n) is 5.66. The van der Waals surface area contributed by atoms with E-state index < -0.39 is 12.0 Å². The van der Waals surface area contributed by atoms with Crippen molar-refractivity contribution in [2.24, 2.45) is 5.73 Å². The zero-order chi connectivity index (χ0) is 15.7. The van der Waals surface area contributed by atoms with Gasteiger partial charge in [-0.15, -0.1) is 0 Å². The molecule has 118 valence electrons. The average molecular weight is 307 g/mol. The summed E-state index contributed by atoms with van der Waals surface area (Å²) in [6.07, 6.45) is 0.0904. The molecular weight excluding hydrogens is 289 g/mol. The lowest BCUT2D eigenvalue weighted by molar-refractivity contribution is -0.133. The number of carbonyl (C=O) groups excluding carboxylic acids is 2. The number of benzene rings is 1. The molecule has 2 aliphatic rings. The maximum Gasteiger partial charge on any atom is 0.317 e. The maximum absolute atomic E-state index is 12.9. The predicted octanol–water partition coefficient (Wildman–Crippen LogP) is 0.577. The van der Waals surface area contributed by atoms with E-state index in [9.17, 15) is 14.0 Å². The number of urea groups is 1. The van der Waals surface area contributed by atoms with E-state index in [1.807, 2.05) is 0 Å². The van der Waals surface area contributed by atoms with Gasteiger partial charge in [-0.3, -0.25) is 4.79 Å². The lowest BCUT2D eigenvalue weighted by atomic mass is 10.1. The molecule has 3 amide bonds. The number of carbonyl (C=O) groups is 2. The Morgan fingerprint density at radius 1 is 1.32 bits per heavy atom. The van der Waals surface area contributed by atoms with Crippen LogP contribution in [0.5, 0.6) is 0 Å². The molecule has 2 fully saturated rings. The van der Waals surface area contributed by atoms with Crippen LogP contribution in [0.15, 0.2) is 24.3 Å². The number of hydrogen-bond donors (Lipinski definition) is 2. The molecular formula is C15H18FN3O3. The summed E-state index contributed by atoms with van der Waals surface area (Å²) in [6, 6.07) is 6.16. The first-order valence-electron chi connectivity index (χ1n) is 7.26. The molecule has 22 heavy (non-hydrogen) atoms. The summed E-state index contributed by atoms with van der Waals surface area (Å²) in [5.74, 6) is -0.610. The Morgan fingerprint density at radius 2 is 2.05 bits per heavy atom. The highest BCUT2D eigenvalue weighted by Gasteiger charge is 2.40. The number of halogens is 1. The molecule has 3 N–H and O–H groups in total. The van der Waals surface area contributed by atoms with Gasteiger partial charge in [0.15, 0.2) is 6.10 Å². The summed E-state index contributed by atoms with van der Waals surface area (Å²) < 4.78 is 18.1. The van der Waals surface area contributed by atoms with Crippen molar-refractivity contribution in [1.82, 2.24) is 10.2 Å². The molecule has 1 saturated heterocycles. The molecule has 1 aromatic rings. The van der Waals surface area contributed by atoms with Crippen LogP contribution in [0, 0.1) is 5.82 Å². The summed E-state index contributed by atoms with van der Waals surface area (Å²) in [6.45, 7) is 0.908. The maximum atomic E-state index is 12.9. The molecule has 7 heteroatoms. The summed E-state index contributed by atoms with van der Waals surface area (Å²) in [5.41, 5.74) is 6.22. The third-order valence-corrected chi connectivity index (χ3v) is 4.07. The van der Waals surface area contributed by atoms with Gasteiger partial charge in [0.25, 0.3) is 0 Å². The fraction of sp³-hybridized carbons (Fsp3) is 0.467. The second kappa shape index (κ2) is 5.92. The monoisotopic (exact) mass is 307 g/mol. The van der Waals surface area contributed by atoms with Crippen molar-refractivity contribution in [1.29, 1.82) is 0 Å². The third-order valence-electron chi connectivity index (χ3n) is 4.07. The van der Waals surface area contributed by atoms with Crippen LogP contribution in [-0.4, -0.2) is 48.7 Å². The number of amides is 3. The van der Waals surface area contributed by atoms with Gasteiger partial charge in [-0.1, -0.05) is 12.1 Å². The van der Waals surface area contributed by atoms with Crippen molar-refractivity contribution in [3.8, 4) is 0 Å². The lowest BCUT2D eigenvalue weighted by Crippen LogP contribution is -2.53. The SMILES string of the molecule is NC(=O)C1CN(C(=O)NC2CC2c2ccc(F)cc2)CCO1. The van der Waals surface area contributed by atoms with E-state index in [1.165, 1.54) is 12.1 Å². The highest BCUT2D eigenvalue weighted by atomic mass is 19.1. The van der Waals surface area contributed by atoms with Crippen molar-refractivity contribution in [3.63, 3.8) is 0 Å². The standard InChI is InChI=1S/C15H18FN3O3/c16-10-3-1-9(2-4-10)11-7-12(11)18-15(21)19-5-6-22-13(8-19)14(17)20/h1-4,11-13H,5-8H2,(H2,17,20)(H,18,21). The van der Waals surface area contributed by atoms with Crippen molar-refractivity contribution >= 4 is 11.9 Å². The third kappa shape index (κ3) is 3.19. The molecule has 1 aliphatic carbocycles. The zero-order valence-corrected chi connectivity index (χ0v) is 12.0. The highest BCUT2D eigenvalue weighted by molar-refractivity contribution is 5.81. The Bertz CT molecular complexity index is 578. The fourth-order valence-electron chi connectivity index (χ4n) is 2.69. The van der Waals surface area contributed by atoms with Crippen LogP contribution in [0.25, 0.3) is 0 Å². The molecule has 6 nitrogen and oxygen atoms in total. The van der Waals surface area contributed by atoms with Crippen molar-refractivity contribution in [3.05, 3.63) is 35.6 Å². The zero-order valence-electron chi connectivity index (χ0n) is 12.0. The minimum Gasteiger partial charge on any atom is -0.367 e. The predicted molar refractivity (Wildman–Crippen MR) is 76.6 cm³/mol. The van der Waals surface area contributed by atoms with Gasteiger partial charge in [0.1, 0.15) is 5.82 Å². The Balaban J connectivity index is 1.53. The average Bonchev–Trinajstić information content (AvgIpc) is 3.27. The van der Waals surface area contributed by atoms with E-state index in [4.69, 9.17) is 10.5 Å². The van der Waals surface area contributed by atoms with Crippen LogP contribution in [0.3, 0.4) is 0 Å². The topological polar surface area (TPSA) is 84.7 Å². The molecule has 1 heterocycles. The summed E-state index contributed by atoms with van der Waals surface area (Å²) in [4.78, 5) is 24.9. The Hall–Kier alpha value is -2.15. The number of primary amides is 1. The van der Waals surface area contributed by atoms with Crippen molar-refractivity contribution in [2.75, 3.05) is 19.7 Å². The first-order chi connectivity index (χ1) is 10.5. The summed E-state index contributed by atoms with van der Waals surface area (Å²) in [5, 5.41) is 2.93. The number of morpholine rings is 1. The number of rotatable bonds is 3. The largest absolute Gasteiger partial charge is 0.367 e. The van der Waals surface area contributed by atoms with Gasteiger partial charge in [0.05, 0.1) is 13.2 Å². The van der Waals surface area contributed by atoms with Gasteiger partial charge in [-0.05, 0) is 24.1 Å². The van der Waals surface area contributed by atoms with Gasteiger partial charge in [0, 0.05) is 18.5 Å². The lowest BCUT2D eigenvalue weighted by Gasteiger charge is -2.31. The molecule has 1 saturated carbocycles. The molecule has 1 aromatic carbocycles. The Morgan fingerprint density at radius 3 is 2.73 bits per heavy atom. The van der Waals surface area contributed by atoms with Gasteiger partial charge in [-0.2, -0.15) is 0 Å². The van der Waals surface area contributed by atoms with Crippen LogP contribution in [0.4, 0.5) is 9.18 Å². The van der Waals surface area contributed by atoms with Crippen LogP contribution in [-0.2, 0) is 9.53 Å². The summed E-state index contributed by atoms with van der Waals surface area (Å²) >= 11 is 0. The number of hydrogen-bond acceptors (Lipinski definition) is 3. The Kier molecular flexibility index (Phi) is 3.98. The number of nitrogens with one attached hydrogen (secondary N) is 1. The van der Waals surface area contributed by atoms with E-state index in [-0.39, 0.29) is 30.4 Å². The highest BCUT2D eigenvalue weighted by Crippen LogP contribution is 2.40. The molecule has 0 aromatic heterocycles. The number of nitrogens with two attached hydrogens (primary N) is 1. The summed E-state index contributed by atoms with van der Waals surface area (Å²) in [7, 11) is 0. The van der Waals surface area contributed by atoms with Gasteiger partial charge >= 0.3 is 6.03 Å². The second-order valence-corrected chi connectivity index (χ2v) is 5.66. The van der Waals surface area contributed by atoms with Crippen LogP contribution >= 0.6 is 0 Å². The normalized spacial score (nSPS) is 27.3. The van der Waals surface area contributed by atoms with E-state index in [2.05, 4.69) is 5.32 Å². The van der Waals surface area contributed by atoms with Crippen LogP contribution in [0.2, 0.25) is 0 Å². The first-order valence-corrected chi connectivity index (χ1v) is 7.26. The minimum atomic E-state index is -0.744. The number of nitrogens with zero attached hydrogens (tertiary/aromatic N) is 1. The van der Waals surface area contributed by atoms with Crippen molar-refractivity contribution < 1.29 is 18.7 Å². The van der Waals surface area contributed by atoms with Gasteiger partial charge in [-0.25, -0.2) is 9.18 Å². The molecule has 3 atom stereocenters. The van der Waals surface area contributed by atoms with E-state index >= 15 is 0 Å². The quantitative estimate of drug-likeness (QED) is 0.856. The molecule has 0 bridgehead atoms. The van der Waals surface area contributed by atoms with Crippen LogP contribution < -0.4 is 11.1 Å². The minimum absolute atomic E-state index is 0.0489. The fourth-order valence-corrected chi connectivity index (χ4v) is 2.69.